The molecule has 3 aromatic rings. The molecule has 0 bridgehead atoms. The maximum Gasteiger partial charge on any atom is 0.295 e. The Kier molecular flexibility index (Phi) is 7.18. The van der Waals surface area contributed by atoms with Gasteiger partial charge in [0, 0.05) is 12.1 Å². The van der Waals surface area contributed by atoms with Crippen molar-refractivity contribution < 1.29 is 28.9 Å². The van der Waals surface area contributed by atoms with Crippen LogP contribution in [0, 0.1) is 5.82 Å². The molecule has 1 saturated heterocycles. The number of carbonyl (C=O) groups excluding carboxylic acids is 2. The number of rotatable bonds is 7. The molecule has 6 nitrogen and oxygen atoms in total. The van der Waals surface area contributed by atoms with Gasteiger partial charge in [0.15, 0.2) is 11.5 Å². The summed E-state index contributed by atoms with van der Waals surface area (Å²) in [7, 11) is 0. The average molecular weight is 516 g/mol. The SMILES string of the molecule is CCOc1cc(C2/C(=C(\O)c3ccc4c(c3)CCCC4)C(=O)C(=O)N2CCc2ccc(F)cc2)ccc1O. The van der Waals surface area contributed by atoms with Gasteiger partial charge in [0.05, 0.1) is 18.2 Å². The van der Waals surface area contributed by atoms with Crippen LogP contribution in [0.1, 0.15) is 53.6 Å². The van der Waals surface area contributed by atoms with E-state index in [9.17, 15) is 24.2 Å². The topological polar surface area (TPSA) is 87.1 Å². The van der Waals surface area contributed by atoms with Crippen molar-refractivity contribution in [3.8, 4) is 11.5 Å². The van der Waals surface area contributed by atoms with Crippen molar-refractivity contribution >= 4 is 17.4 Å². The van der Waals surface area contributed by atoms with Gasteiger partial charge in [-0.25, -0.2) is 4.39 Å². The average Bonchev–Trinajstić information content (AvgIpc) is 3.18. The number of likely N-dealkylation sites (tertiary alicyclic amines) is 1. The first-order chi connectivity index (χ1) is 18.4. The van der Waals surface area contributed by atoms with Gasteiger partial charge in [0.1, 0.15) is 11.6 Å². The lowest BCUT2D eigenvalue weighted by molar-refractivity contribution is -0.139. The Morgan fingerprint density at radius 1 is 1.00 bits per heavy atom. The molecule has 0 saturated carbocycles. The van der Waals surface area contributed by atoms with E-state index in [1.54, 1.807) is 37.3 Å². The van der Waals surface area contributed by atoms with E-state index >= 15 is 0 Å². The van der Waals surface area contributed by atoms with Gasteiger partial charge >= 0.3 is 0 Å². The van der Waals surface area contributed by atoms with Crippen LogP contribution in [-0.4, -0.2) is 40.0 Å². The Morgan fingerprint density at radius 2 is 1.74 bits per heavy atom. The zero-order valence-corrected chi connectivity index (χ0v) is 21.2. The second-order valence-corrected chi connectivity index (χ2v) is 9.72. The molecule has 0 spiro atoms. The lowest BCUT2D eigenvalue weighted by atomic mass is 9.88. The van der Waals surface area contributed by atoms with Gasteiger partial charge in [-0.1, -0.05) is 30.3 Å². The number of aryl methyl sites for hydroxylation is 2. The largest absolute Gasteiger partial charge is 0.507 e. The number of hydrogen-bond donors (Lipinski definition) is 2. The van der Waals surface area contributed by atoms with Crippen LogP contribution >= 0.6 is 0 Å². The summed E-state index contributed by atoms with van der Waals surface area (Å²) in [6.07, 6.45) is 4.47. The number of nitrogens with zero attached hydrogens (tertiary/aromatic N) is 1. The van der Waals surface area contributed by atoms with Crippen LogP contribution in [0.4, 0.5) is 4.39 Å². The van der Waals surface area contributed by atoms with Crippen LogP contribution in [0.25, 0.3) is 5.76 Å². The zero-order valence-electron chi connectivity index (χ0n) is 21.2. The van der Waals surface area contributed by atoms with Gasteiger partial charge < -0.3 is 19.8 Å². The highest BCUT2D eigenvalue weighted by Crippen LogP contribution is 2.42. The van der Waals surface area contributed by atoms with Gasteiger partial charge in [-0.2, -0.15) is 0 Å². The van der Waals surface area contributed by atoms with Crippen LogP contribution in [-0.2, 0) is 28.9 Å². The minimum atomic E-state index is -0.883. The predicted octanol–water partition coefficient (Wildman–Crippen LogP) is 5.47. The summed E-state index contributed by atoms with van der Waals surface area (Å²) in [5.41, 5.74) is 4.22. The molecule has 1 aliphatic carbocycles. The van der Waals surface area contributed by atoms with Gasteiger partial charge in [-0.15, -0.1) is 0 Å². The van der Waals surface area contributed by atoms with Crippen molar-refractivity contribution in [2.75, 3.05) is 13.2 Å². The Bertz CT molecular complexity index is 1410. The summed E-state index contributed by atoms with van der Waals surface area (Å²) in [5.74, 6) is -1.90. The van der Waals surface area contributed by atoms with E-state index in [1.807, 2.05) is 12.1 Å². The van der Waals surface area contributed by atoms with E-state index in [1.165, 1.54) is 28.7 Å². The van der Waals surface area contributed by atoms with Crippen molar-refractivity contribution in [1.82, 2.24) is 4.90 Å². The van der Waals surface area contributed by atoms with Gasteiger partial charge in [0.25, 0.3) is 11.7 Å². The van der Waals surface area contributed by atoms with E-state index in [-0.39, 0.29) is 35.2 Å². The molecule has 2 N–H and O–H groups in total. The second kappa shape index (κ2) is 10.7. The molecule has 1 heterocycles. The van der Waals surface area contributed by atoms with Gasteiger partial charge in [-0.3, -0.25) is 9.59 Å². The highest BCUT2D eigenvalue weighted by atomic mass is 19.1. The lowest BCUT2D eigenvalue weighted by Gasteiger charge is -2.26. The highest BCUT2D eigenvalue weighted by molar-refractivity contribution is 6.46. The smallest absolute Gasteiger partial charge is 0.295 e. The minimum Gasteiger partial charge on any atom is -0.507 e. The summed E-state index contributed by atoms with van der Waals surface area (Å²) >= 11 is 0. The Morgan fingerprint density at radius 3 is 2.47 bits per heavy atom. The normalized spacial score (nSPS) is 18.5. The Labute approximate surface area is 221 Å². The molecular formula is C31H30FNO5. The third kappa shape index (κ3) is 4.88. The number of Topliss-reactive ketones (excluding diaryl/α,β-unsaturated/α-hetero) is 1. The van der Waals surface area contributed by atoms with E-state index in [2.05, 4.69) is 0 Å². The molecule has 5 rings (SSSR count). The van der Waals surface area contributed by atoms with Crippen LogP contribution in [0.2, 0.25) is 0 Å². The first-order valence-corrected chi connectivity index (χ1v) is 13.0. The summed E-state index contributed by atoms with van der Waals surface area (Å²) in [5, 5.41) is 21.7. The van der Waals surface area contributed by atoms with E-state index < -0.39 is 17.7 Å². The number of benzene rings is 3. The molecular weight excluding hydrogens is 485 g/mol. The van der Waals surface area contributed by atoms with Crippen molar-refractivity contribution in [3.63, 3.8) is 0 Å². The zero-order chi connectivity index (χ0) is 26.8. The number of phenolic OH excluding ortho intramolecular Hbond substituents is 1. The van der Waals surface area contributed by atoms with Crippen LogP contribution in [0.15, 0.2) is 66.2 Å². The number of ether oxygens (including phenoxy) is 1. The number of aromatic hydroxyl groups is 1. The van der Waals surface area contributed by atoms with Crippen LogP contribution in [0.5, 0.6) is 11.5 Å². The standard InChI is InChI=1S/C31H30FNO5/c1-2-38-26-18-22(11-14-25(26)34)28-27(29(35)23-10-9-20-5-3-4-6-21(20)17-23)30(36)31(37)33(28)16-15-19-7-12-24(32)13-8-19/h7-14,17-18,28,34-35H,2-6,15-16H2,1H3/b29-27+. The van der Waals surface area contributed by atoms with Crippen molar-refractivity contribution in [2.24, 2.45) is 0 Å². The lowest BCUT2D eigenvalue weighted by Crippen LogP contribution is -2.31. The monoisotopic (exact) mass is 515 g/mol. The van der Waals surface area contributed by atoms with Gasteiger partial charge in [0.2, 0.25) is 0 Å². The number of hydrogen-bond acceptors (Lipinski definition) is 5. The molecule has 1 fully saturated rings. The van der Waals surface area contributed by atoms with Gasteiger partial charge in [-0.05, 0) is 91.6 Å². The molecule has 0 aromatic heterocycles. The Hall–Kier alpha value is -4.13. The quantitative estimate of drug-likeness (QED) is 0.247. The van der Waals surface area contributed by atoms with Crippen LogP contribution in [0.3, 0.4) is 0 Å². The number of aliphatic hydroxyl groups excluding tert-OH is 1. The second-order valence-electron chi connectivity index (χ2n) is 9.72. The number of carbonyl (C=O) groups is 2. The first-order valence-electron chi connectivity index (χ1n) is 13.0. The fourth-order valence-corrected chi connectivity index (χ4v) is 5.37. The molecule has 1 unspecified atom stereocenters. The molecule has 1 amide bonds. The number of phenols is 1. The highest BCUT2D eigenvalue weighted by Gasteiger charge is 2.46. The fourth-order valence-electron chi connectivity index (χ4n) is 5.37. The first kappa shape index (κ1) is 25.5. The van der Waals surface area contributed by atoms with Crippen molar-refractivity contribution in [2.45, 2.75) is 45.1 Å². The number of aliphatic hydroxyl groups is 1. The summed E-state index contributed by atoms with van der Waals surface area (Å²) in [4.78, 5) is 28.1. The van der Waals surface area contributed by atoms with E-state index in [4.69, 9.17) is 4.74 Å². The third-order valence-electron chi connectivity index (χ3n) is 7.32. The van der Waals surface area contributed by atoms with E-state index in [0.29, 0.717) is 24.2 Å². The van der Waals surface area contributed by atoms with Crippen LogP contribution < -0.4 is 4.74 Å². The number of ketones is 1. The number of halogens is 1. The summed E-state index contributed by atoms with van der Waals surface area (Å²) in [6, 6.07) is 15.5. The minimum absolute atomic E-state index is 0.00185. The summed E-state index contributed by atoms with van der Waals surface area (Å²) < 4.78 is 18.9. The Balaban J connectivity index is 1.59. The molecule has 38 heavy (non-hydrogen) atoms. The predicted molar refractivity (Wildman–Crippen MR) is 141 cm³/mol. The molecule has 196 valence electrons. The fraction of sp³-hybridized carbons (Fsp3) is 0.290. The summed E-state index contributed by atoms with van der Waals surface area (Å²) in [6.45, 7) is 2.28. The molecule has 0 radical (unpaired) electrons. The molecule has 1 atom stereocenters. The molecule has 3 aromatic carbocycles. The number of fused-ring (bicyclic) bond motifs is 1. The molecule has 7 heteroatoms. The number of amides is 1. The van der Waals surface area contributed by atoms with E-state index in [0.717, 1.165) is 36.8 Å². The van der Waals surface area contributed by atoms with Crippen molar-refractivity contribution in [3.05, 3.63) is 99.9 Å². The maximum absolute atomic E-state index is 13.4. The van der Waals surface area contributed by atoms with Crippen molar-refractivity contribution in [1.29, 1.82) is 0 Å². The maximum atomic E-state index is 13.4. The third-order valence-corrected chi connectivity index (χ3v) is 7.32. The molecule has 1 aliphatic heterocycles. The molecule has 2 aliphatic rings.